The van der Waals surface area contributed by atoms with Gasteiger partial charge in [-0.15, -0.1) is 5.10 Å². The monoisotopic (exact) mass is 352 g/mol. The van der Waals surface area contributed by atoms with E-state index in [1.165, 1.54) is 0 Å². The Bertz CT molecular complexity index is 908. The van der Waals surface area contributed by atoms with Gasteiger partial charge in [-0.25, -0.2) is 4.79 Å². The maximum atomic E-state index is 12.5. The van der Waals surface area contributed by atoms with Crippen LogP contribution in [0.2, 0.25) is 0 Å². The smallest absolute Gasteiger partial charge is 0.411 e. The number of amides is 2. The summed E-state index contributed by atoms with van der Waals surface area (Å²) in [5, 5.41) is 12.8. The van der Waals surface area contributed by atoms with Crippen molar-refractivity contribution in [3.63, 3.8) is 0 Å². The molecule has 2 N–H and O–H groups in total. The molecule has 0 aliphatic carbocycles. The number of para-hydroxylation sites is 1. The van der Waals surface area contributed by atoms with Crippen LogP contribution in [0.15, 0.2) is 59.0 Å². The highest BCUT2D eigenvalue weighted by Gasteiger charge is 2.16. The second-order valence-electron chi connectivity index (χ2n) is 5.12. The Kier molecular flexibility index (Phi) is 5.23. The van der Waals surface area contributed by atoms with E-state index < -0.39 is 12.0 Å². The SMILES string of the molecule is CCOC(=O)Nc1ccccc1C(=O)Nc1nnc(-c2ccccc2)o1. The molecular formula is C18H16N4O4. The van der Waals surface area contributed by atoms with E-state index in [4.69, 9.17) is 9.15 Å². The highest BCUT2D eigenvalue weighted by molar-refractivity contribution is 6.08. The molecule has 1 heterocycles. The van der Waals surface area contributed by atoms with Crippen molar-refractivity contribution in [3.05, 3.63) is 60.2 Å². The fraction of sp³-hybridized carbons (Fsp3) is 0.111. The van der Waals surface area contributed by atoms with Gasteiger partial charge in [-0.05, 0) is 31.2 Å². The number of anilines is 2. The number of benzene rings is 2. The van der Waals surface area contributed by atoms with Gasteiger partial charge >= 0.3 is 12.1 Å². The Hall–Kier alpha value is -3.68. The summed E-state index contributed by atoms with van der Waals surface area (Å²) in [6.45, 7) is 1.92. The standard InChI is InChI=1S/C18H16N4O4/c1-2-25-18(24)19-14-11-7-6-10-13(14)15(23)20-17-22-21-16(26-17)12-8-4-3-5-9-12/h3-11H,2H2,1H3,(H,19,24)(H,20,22,23). The van der Waals surface area contributed by atoms with Crippen LogP contribution >= 0.6 is 0 Å². The van der Waals surface area contributed by atoms with E-state index >= 15 is 0 Å². The zero-order valence-electron chi connectivity index (χ0n) is 13.9. The van der Waals surface area contributed by atoms with E-state index in [0.29, 0.717) is 11.6 Å². The summed E-state index contributed by atoms with van der Waals surface area (Å²) >= 11 is 0. The van der Waals surface area contributed by atoms with Crippen LogP contribution in [0.1, 0.15) is 17.3 Å². The molecule has 3 rings (SSSR count). The van der Waals surface area contributed by atoms with Crippen LogP contribution in [0.5, 0.6) is 0 Å². The topological polar surface area (TPSA) is 106 Å². The van der Waals surface area contributed by atoms with Crippen molar-refractivity contribution in [1.82, 2.24) is 10.2 Å². The minimum atomic E-state index is -0.642. The molecule has 132 valence electrons. The van der Waals surface area contributed by atoms with Crippen LogP contribution in [0.4, 0.5) is 16.5 Å². The molecule has 0 atom stereocenters. The van der Waals surface area contributed by atoms with Crippen LogP contribution in [0.3, 0.4) is 0 Å². The van der Waals surface area contributed by atoms with E-state index in [1.54, 1.807) is 31.2 Å². The number of carbonyl (C=O) groups excluding carboxylic acids is 2. The Morgan fingerprint density at radius 3 is 2.50 bits per heavy atom. The first kappa shape index (κ1) is 17.2. The lowest BCUT2D eigenvalue weighted by Gasteiger charge is -2.09. The summed E-state index contributed by atoms with van der Waals surface area (Å²) in [6, 6.07) is 15.7. The van der Waals surface area contributed by atoms with E-state index in [0.717, 1.165) is 5.56 Å². The molecule has 8 nitrogen and oxygen atoms in total. The lowest BCUT2D eigenvalue weighted by molar-refractivity contribution is 0.102. The molecule has 0 radical (unpaired) electrons. The molecule has 0 unspecified atom stereocenters. The van der Waals surface area contributed by atoms with E-state index in [-0.39, 0.29) is 18.2 Å². The molecular weight excluding hydrogens is 336 g/mol. The van der Waals surface area contributed by atoms with E-state index in [9.17, 15) is 9.59 Å². The maximum absolute atomic E-state index is 12.5. The molecule has 0 fully saturated rings. The molecule has 0 aliphatic heterocycles. The van der Waals surface area contributed by atoms with Crippen LogP contribution in [-0.4, -0.2) is 28.8 Å². The summed E-state index contributed by atoms with van der Waals surface area (Å²) in [5.41, 5.74) is 1.29. The van der Waals surface area contributed by atoms with Gasteiger partial charge in [0.2, 0.25) is 5.89 Å². The molecule has 0 saturated carbocycles. The van der Waals surface area contributed by atoms with Crippen LogP contribution in [-0.2, 0) is 4.74 Å². The van der Waals surface area contributed by atoms with Gasteiger partial charge in [0.05, 0.1) is 17.9 Å². The molecule has 0 bridgehead atoms. The van der Waals surface area contributed by atoms with Crippen molar-refractivity contribution in [2.75, 3.05) is 17.2 Å². The van der Waals surface area contributed by atoms with Crippen molar-refractivity contribution in [2.24, 2.45) is 0 Å². The summed E-state index contributed by atoms with van der Waals surface area (Å²) in [6.07, 6.45) is -0.642. The lowest BCUT2D eigenvalue weighted by atomic mass is 10.1. The highest BCUT2D eigenvalue weighted by atomic mass is 16.5. The number of rotatable bonds is 5. The van der Waals surface area contributed by atoms with Gasteiger partial charge in [-0.3, -0.25) is 15.4 Å². The van der Waals surface area contributed by atoms with Crippen LogP contribution in [0, 0.1) is 0 Å². The molecule has 8 heteroatoms. The predicted octanol–water partition coefficient (Wildman–Crippen LogP) is 3.56. The van der Waals surface area contributed by atoms with Crippen molar-refractivity contribution in [3.8, 4) is 11.5 Å². The number of ether oxygens (including phenoxy) is 1. The largest absolute Gasteiger partial charge is 0.450 e. The fourth-order valence-electron chi connectivity index (χ4n) is 2.20. The van der Waals surface area contributed by atoms with Crippen molar-refractivity contribution >= 4 is 23.7 Å². The number of hydrogen-bond donors (Lipinski definition) is 2. The third-order valence-corrected chi connectivity index (χ3v) is 3.35. The Balaban J connectivity index is 1.75. The summed E-state index contributed by atoms with van der Waals surface area (Å²) < 4.78 is 10.3. The Morgan fingerprint density at radius 2 is 1.73 bits per heavy atom. The molecule has 0 saturated heterocycles. The molecule has 0 aliphatic rings. The average Bonchev–Trinajstić information content (AvgIpc) is 3.11. The van der Waals surface area contributed by atoms with Crippen LogP contribution < -0.4 is 10.6 Å². The van der Waals surface area contributed by atoms with Crippen molar-refractivity contribution < 1.29 is 18.7 Å². The van der Waals surface area contributed by atoms with Gasteiger partial charge in [-0.2, -0.15) is 0 Å². The van der Waals surface area contributed by atoms with Gasteiger partial charge in [0.25, 0.3) is 5.91 Å². The van der Waals surface area contributed by atoms with E-state index in [2.05, 4.69) is 20.8 Å². The summed E-state index contributed by atoms with van der Waals surface area (Å²) in [4.78, 5) is 24.1. The van der Waals surface area contributed by atoms with Crippen LogP contribution in [0.25, 0.3) is 11.5 Å². The fourth-order valence-corrected chi connectivity index (χ4v) is 2.20. The molecule has 0 spiro atoms. The zero-order valence-corrected chi connectivity index (χ0v) is 13.9. The van der Waals surface area contributed by atoms with Crippen molar-refractivity contribution in [1.29, 1.82) is 0 Å². The molecule has 1 aromatic heterocycles. The minimum absolute atomic E-state index is 0.0419. The number of nitrogens with zero attached hydrogens (tertiary/aromatic N) is 2. The molecule has 2 amide bonds. The Labute approximate surface area is 149 Å². The third kappa shape index (κ3) is 4.04. The number of aromatic nitrogens is 2. The first-order chi connectivity index (χ1) is 12.7. The first-order valence-corrected chi connectivity index (χ1v) is 7.90. The number of carbonyl (C=O) groups is 2. The quantitative estimate of drug-likeness (QED) is 0.727. The number of hydrogen-bond acceptors (Lipinski definition) is 6. The van der Waals surface area contributed by atoms with E-state index in [1.807, 2.05) is 30.3 Å². The van der Waals surface area contributed by atoms with Gasteiger partial charge in [0.1, 0.15) is 0 Å². The Morgan fingerprint density at radius 1 is 1.00 bits per heavy atom. The summed E-state index contributed by atoms with van der Waals surface area (Å²) in [5.74, 6) is -0.209. The third-order valence-electron chi connectivity index (χ3n) is 3.35. The summed E-state index contributed by atoms with van der Waals surface area (Å²) in [7, 11) is 0. The second kappa shape index (κ2) is 7.93. The highest BCUT2D eigenvalue weighted by Crippen LogP contribution is 2.21. The van der Waals surface area contributed by atoms with Gasteiger partial charge < -0.3 is 9.15 Å². The zero-order chi connectivity index (χ0) is 18.4. The normalized spacial score (nSPS) is 10.2. The predicted molar refractivity (Wildman–Crippen MR) is 94.8 cm³/mol. The maximum Gasteiger partial charge on any atom is 0.411 e. The minimum Gasteiger partial charge on any atom is -0.450 e. The van der Waals surface area contributed by atoms with Gasteiger partial charge in [-0.1, -0.05) is 35.4 Å². The number of nitrogens with one attached hydrogen (secondary N) is 2. The molecule has 2 aromatic carbocycles. The van der Waals surface area contributed by atoms with Crippen molar-refractivity contribution in [2.45, 2.75) is 6.92 Å². The molecule has 3 aromatic rings. The average molecular weight is 352 g/mol. The molecule has 26 heavy (non-hydrogen) atoms. The second-order valence-corrected chi connectivity index (χ2v) is 5.12. The van der Waals surface area contributed by atoms with Gasteiger partial charge in [0.15, 0.2) is 0 Å². The first-order valence-electron chi connectivity index (χ1n) is 7.90. The van der Waals surface area contributed by atoms with Gasteiger partial charge in [0, 0.05) is 5.56 Å². The lowest BCUT2D eigenvalue weighted by Crippen LogP contribution is -2.19.